The Bertz CT molecular complexity index is 867. The highest BCUT2D eigenvalue weighted by Gasteiger charge is 2.31. The zero-order valence-corrected chi connectivity index (χ0v) is 16.0. The first kappa shape index (κ1) is 22.1. The lowest BCUT2D eigenvalue weighted by atomic mass is 10.1. The lowest BCUT2D eigenvalue weighted by Gasteiger charge is -2.14. The zero-order chi connectivity index (χ0) is 21.6. The molecule has 0 aliphatic heterocycles. The number of alkyl halides is 3. The Morgan fingerprint density at radius 3 is 2.07 bits per heavy atom. The predicted molar refractivity (Wildman–Crippen MR) is 96.5 cm³/mol. The van der Waals surface area contributed by atoms with Gasteiger partial charge in [-0.25, -0.2) is 0 Å². The molecule has 0 heterocycles. The quantitative estimate of drug-likeness (QED) is 0.486. The van der Waals surface area contributed by atoms with Gasteiger partial charge in [-0.05, 0) is 29.8 Å². The second kappa shape index (κ2) is 9.31. The molecule has 0 fully saturated rings. The van der Waals surface area contributed by atoms with Crippen molar-refractivity contribution >= 4 is 11.8 Å². The second-order valence-electron chi connectivity index (χ2n) is 5.87. The number of hydrogen-bond donors (Lipinski definition) is 0. The Morgan fingerprint density at radius 2 is 1.55 bits per heavy atom. The van der Waals surface area contributed by atoms with Gasteiger partial charge in [-0.15, -0.1) is 0 Å². The lowest BCUT2D eigenvalue weighted by Crippen LogP contribution is -2.16. The number of carbonyl (C=O) groups is 2. The summed E-state index contributed by atoms with van der Waals surface area (Å²) < 4.78 is 58.7. The van der Waals surface area contributed by atoms with Crippen molar-refractivity contribution in [1.29, 1.82) is 0 Å². The largest absolute Gasteiger partial charge is 0.493 e. The summed E-state index contributed by atoms with van der Waals surface area (Å²) in [5, 5.41) is 0. The van der Waals surface area contributed by atoms with Crippen LogP contribution in [0.4, 0.5) is 13.2 Å². The van der Waals surface area contributed by atoms with Crippen LogP contribution in [0.15, 0.2) is 36.4 Å². The number of ketones is 1. The molecule has 0 aromatic heterocycles. The summed E-state index contributed by atoms with van der Waals surface area (Å²) in [7, 11) is 4.29. The van der Waals surface area contributed by atoms with E-state index in [0.717, 1.165) is 18.2 Å². The monoisotopic (exact) mass is 412 g/mol. The molecule has 29 heavy (non-hydrogen) atoms. The SMILES string of the molecule is COc1cc(CC(=O)OCC(=O)c2cccc(C(F)(F)F)c2)cc(OC)c1OC. The van der Waals surface area contributed by atoms with Gasteiger partial charge in [-0.1, -0.05) is 12.1 Å². The maximum atomic E-state index is 12.7. The van der Waals surface area contributed by atoms with Crippen LogP contribution in [-0.4, -0.2) is 39.7 Å². The summed E-state index contributed by atoms with van der Waals surface area (Å²) >= 11 is 0. The van der Waals surface area contributed by atoms with Crippen LogP contribution in [0.5, 0.6) is 17.2 Å². The number of benzene rings is 2. The minimum Gasteiger partial charge on any atom is -0.493 e. The van der Waals surface area contributed by atoms with Gasteiger partial charge in [-0.2, -0.15) is 13.2 Å². The number of ether oxygens (including phenoxy) is 4. The summed E-state index contributed by atoms with van der Waals surface area (Å²) in [6.07, 6.45) is -4.77. The molecule has 6 nitrogen and oxygen atoms in total. The lowest BCUT2D eigenvalue weighted by molar-refractivity contribution is -0.141. The number of rotatable bonds is 8. The minimum absolute atomic E-state index is 0.194. The minimum atomic E-state index is -4.57. The maximum Gasteiger partial charge on any atom is 0.416 e. The third kappa shape index (κ3) is 5.63. The summed E-state index contributed by atoms with van der Waals surface area (Å²) in [5.74, 6) is -0.440. The Hall–Kier alpha value is -3.23. The number of hydrogen-bond acceptors (Lipinski definition) is 6. The molecular weight excluding hydrogens is 393 g/mol. The van der Waals surface area contributed by atoms with Crippen molar-refractivity contribution in [2.75, 3.05) is 27.9 Å². The van der Waals surface area contributed by atoms with Crippen LogP contribution in [0, 0.1) is 0 Å². The number of halogens is 3. The molecule has 0 atom stereocenters. The van der Waals surface area contributed by atoms with E-state index in [1.54, 1.807) is 12.1 Å². The molecule has 2 aromatic carbocycles. The molecule has 2 aromatic rings. The standard InChI is InChI=1S/C20H19F3O6/c1-26-16-7-12(8-17(27-2)19(16)28-3)9-18(25)29-11-15(24)13-5-4-6-14(10-13)20(21,22)23/h4-8,10H,9,11H2,1-3H3. The molecule has 9 heteroatoms. The summed E-state index contributed by atoms with van der Waals surface area (Å²) in [6, 6.07) is 7.02. The highest BCUT2D eigenvalue weighted by Crippen LogP contribution is 2.38. The van der Waals surface area contributed by atoms with Crippen LogP contribution >= 0.6 is 0 Å². The van der Waals surface area contributed by atoms with Crippen molar-refractivity contribution in [1.82, 2.24) is 0 Å². The first-order valence-corrected chi connectivity index (χ1v) is 8.34. The van der Waals surface area contributed by atoms with Crippen molar-refractivity contribution < 1.29 is 41.7 Å². The second-order valence-corrected chi connectivity index (χ2v) is 5.87. The van der Waals surface area contributed by atoms with Crippen LogP contribution < -0.4 is 14.2 Å². The Kier molecular flexibility index (Phi) is 7.08. The molecule has 0 amide bonds. The predicted octanol–water partition coefficient (Wildman–Crippen LogP) is 3.70. The Balaban J connectivity index is 2.04. The molecule has 0 saturated carbocycles. The molecule has 0 radical (unpaired) electrons. The topological polar surface area (TPSA) is 71.1 Å². The summed E-state index contributed by atoms with van der Waals surface area (Å²) in [6.45, 7) is -0.676. The van der Waals surface area contributed by atoms with Gasteiger partial charge in [-0.3, -0.25) is 9.59 Å². The van der Waals surface area contributed by atoms with E-state index in [0.29, 0.717) is 22.8 Å². The fraction of sp³-hybridized carbons (Fsp3) is 0.300. The first-order valence-electron chi connectivity index (χ1n) is 8.34. The van der Waals surface area contributed by atoms with Gasteiger partial charge in [0.15, 0.2) is 23.9 Å². The maximum absolute atomic E-state index is 12.7. The average molecular weight is 412 g/mol. The molecule has 0 N–H and O–H groups in total. The molecule has 0 unspecified atom stereocenters. The number of esters is 1. The van der Waals surface area contributed by atoms with Crippen molar-refractivity contribution in [2.24, 2.45) is 0 Å². The number of Topliss-reactive ketones (excluding diaryl/α,β-unsaturated/α-hetero) is 1. The van der Waals surface area contributed by atoms with Crippen LogP contribution in [0.25, 0.3) is 0 Å². The third-order valence-corrected chi connectivity index (χ3v) is 3.95. The third-order valence-electron chi connectivity index (χ3n) is 3.95. The summed E-state index contributed by atoms with van der Waals surface area (Å²) in [5.41, 5.74) is -0.663. The summed E-state index contributed by atoms with van der Waals surface area (Å²) in [4.78, 5) is 24.1. The molecular formula is C20H19F3O6. The fourth-order valence-electron chi connectivity index (χ4n) is 2.55. The van der Waals surface area contributed by atoms with Crippen LogP contribution in [0.2, 0.25) is 0 Å². The molecule has 0 saturated heterocycles. The van der Waals surface area contributed by atoms with E-state index in [1.807, 2.05) is 0 Å². The average Bonchev–Trinajstić information content (AvgIpc) is 2.70. The smallest absolute Gasteiger partial charge is 0.416 e. The van der Waals surface area contributed by atoms with Crippen molar-refractivity contribution in [3.63, 3.8) is 0 Å². The van der Waals surface area contributed by atoms with Gasteiger partial charge in [0, 0.05) is 5.56 Å². The van der Waals surface area contributed by atoms with Gasteiger partial charge in [0.05, 0.1) is 33.3 Å². The van der Waals surface area contributed by atoms with E-state index < -0.39 is 30.1 Å². The van der Waals surface area contributed by atoms with Crippen molar-refractivity contribution in [2.45, 2.75) is 12.6 Å². The first-order chi connectivity index (χ1) is 13.7. The van der Waals surface area contributed by atoms with Crippen LogP contribution in [0.3, 0.4) is 0 Å². The van der Waals surface area contributed by atoms with E-state index in [4.69, 9.17) is 18.9 Å². The van der Waals surface area contributed by atoms with Gasteiger partial charge in [0.2, 0.25) is 5.75 Å². The number of carbonyl (C=O) groups excluding carboxylic acids is 2. The normalized spacial score (nSPS) is 11.0. The zero-order valence-electron chi connectivity index (χ0n) is 16.0. The highest BCUT2D eigenvalue weighted by atomic mass is 19.4. The molecule has 0 bridgehead atoms. The van der Waals surface area contributed by atoms with Crippen LogP contribution in [0.1, 0.15) is 21.5 Å². The van der Waals surface area contributed by atoms with Gasteiger partial charge in [0.1, 0.15) is 0 Å². The molecule has 2 rings (SSSR count). The van der Waals surface area contributed by atoms with Crippen molar-refractivity contribution in [3.8, 4) is 17.2 Å². The molecule has 0 spiro atoms. The van der Waals surface area contributed by atoms with Crippen LogP contribution in [-0.2, 0) is 22.1 Å². The van der Waals surface area contributed by atoms with E-state index in [-0.39, 0.29) is 12.0 Å². The molecule has 0 aliphatic rings. The van der Waals surface area contributed by atoms with Gasteiger partial charge < -0.3 is 18.9 Å². The van der Waals surface area contributed by atoms with E-state index in [9.17, 15) is 22.8 Å². The van der Waals surface area contributed by atoms with Gasteiger partial charge >= 0.3 is 12.1 Å². The Morgan fingerprint density at radius 1 is 0.931 bits per heavy atom. The van der Waals surface area contributed by atoms with Gasteiger partial charge in [0.25, 0.3) is 0 Å². The van der Waals surface area contributed by atoms with E-state index in [2.05, 4.69) is 0 Å². The molecule has 156 valence electrons. The Labute approximate surface area is 165 Å². The van der Waals surface area contributed by atoms with Crippen molar-refractivity contribution in [3.05, 3.63) is 53.1 Å². The number of methoxy groups -OCH3 is 3. The molecule has 0 aliphatic carbocycles. The van der Waals surface area contributed by atoms with E-state index in [1.165, 1.54) is 27.4 Å². The highest BCUT2D eigenvalue weighted by molar-refractivity contribution is 5.98. The fourth-order valence-corrected chi connectivity index (χ4v) is 2.55. The van der Waals surface area contributed by atoms with E-state index >= 15 is 0 Å².